The van der Waals surface area contributed by atoms with Crippen LogP contribution in [0.5, 0.6) is 0 Å². The smallest absolute Gasteiger partial charge is 0.335 e. The molecule has 0 saturated carbocycles. The van der Waals surface area contributed by atoms with Crippen LogP contribution in [0.15, 0.2) is 24.3 Å². The van der Waals surface area contributed by atoms with E-state index >= 15 is 0 Å². The number of halogens is 1. The number of rotatable bonds is 3. The van der Waals surface area contributed by atoms with Gasteiger partial charge in [-0.3, -0.25) is 0 Å². The van der Waals surface area contributed by atoms with Gasteiger partial charge < -0.3 is 5.11 Å². The summed E-state index contributed by atoms with van der Waals surface area (Å²) in [6.45, 7) is 0. The highest BCUT2D eigenvalue weighted by molar-refractivity contribution is 6.20. The quantitative estimate of drug-likeness (QED) is 0.779. The first-order chi connectivity index (χ1) is 6.65. The van der Waals surface area contributed by atoms with Gasteiger partial charge in [0, 0.05) is 0 Å². The Labute approximate surface area is 86.5 Å². The normalized spacial score (nSPS) is 11.7. The van der Waals surface area contributed by atoms with Crippen molar-refractivity contribution in [2.45, 2.75) is 11.8 Å². The van der Waals surface area contributed by atoms with Crippen LogP contribution in [0.4, 0.5) is 0 Å². The number of nitriles is 1. The van der Waals surface area contributed by atoms with Crippen molar-refractivity contribution < 1.29 is 9.90 Å². The maximum absolute atomic E-state index is 10.5. The lowest BCUT2D eigenvalue weighted by molar-refractivity contribution is 0.0697. The Hall–Kier alpha value is -1.53. The summed E-state index contributed by atoms with van der Waals surface area (Å²) in [7, 11) is 0. The fraction of sp³-hybridized carbons (Fsp3) is 0.200. The standard InChI is InChI=1S/C10H8ClNO2/c11-9(5-6-12)7-1-3-8(4-2-7)10(13)14/h1-4,9H,5H2,(H,13,14). The van der Waals surface area contributed by atoms with Crippen LogP contribution in [0.1, 0.15) is 27.7 Å². The predicted molar refractivity (Wildman–Crippen MR) is 52.2 cm³/mol. The molecule has 0 bridgehead atoms. The SMILES string of the molecule is N#CCC(Cl)c1ccc(C(=O)O)cc1. The number of carboxylic acid groups (broad SMARTS) is 1. The molecule has 1 aromatic carbocycles. The highest BCUT2D eigenvalue weighted by Crippen LogP contribution is 2.23. The number of hydrogen-bond acceptors (Lipinski definition) is 2. The lowest BCUT2D eigenvalue weighted by Crippen LogP contribution is -1.96. The van der Waals surface area contributed by atoms with E-state index in [-0.39, 0.29) is 17.4 Å². The van der Waals surface area contributed by atoms with Crippen LogP contribution in [-0.4, -0.2) is 11.1 Å². The van der Waals surface area contributed by atoms with Gasteiger partial charge in [-0.1, -0.05) is 12.1 Å². The van der Waals surface area contributed by atoms with E-state index in [2.05, 4.69) is 0 Å². The minimum Gasteiger partial charge on any atom is -0.478 e. The maximum Gasteiger partial charge on any atom is 0.335 e. The van der Waals surface area contributed by atoms with E-state index in [1.54, 1.807) is 12.1 Å². The van der Waals surface area contributed by atoms with E-state index in [0.717, 1.165) is 5.56 Å². The molecule has 0 fully saturated rings. The third-order valence-electron chi connectivity index (χ3n) is 1.79. The first kappa shape index (κ1) is 10.6. The van der Waals surface area contributed by atoms with Crippen LogP contribution in [0, 0.1) is 11.3 Å². The monoisotopic (exact) mass is 209 g/mol. The van der Waals surface area contributed by atoms with Crippen molar-refractivity contribution in [1.29, 1.82) is 5.26 Å². The molecule has 4 heteroatoms. The van der Waals surface area contributed by atoms with Crippen molar-refractivity contribution in [2.24, 2.45) is 0 Å². The molecule has 72 valence electrons. The van der Waals surface area contributed by atoms with E-state index in [0.29, 0.717) is 0 Å². The van der Waals surface area contributed by atoms with Crippen LogP contribution in [-0.2, 0) is 0 Å². The molecule has 0 radical (unpaired) electrons. The van der Waals surface area contributed by atoms with E-state index in [4.69, 9.17) is 22.0 Å². The van der Waals surface area contributed by atoms with Crippen LogP contribution in [0.3, 0.4) is 0 Å². The van der Waals surface area contributed by atoms with Crippen molar-refractivity contribution in [3.8, 4) is 6.07 Å². The largest absolute Gasteiger partial charge is 0.478 e. The average molecular weight is 210 g/mol. The highest BCUT2D eigenvalue weighted by Gasteiger charge is 2.08. The molecule has 0 heterocycles. The fourth-order valence-electron chi connectivity index (χ4n) is 1.03. The van der Waals surface area contributed by atoms with Gasteiger partial charge >= 0.3 is 5.97 Å². The van der Waals surface area contributed by atoms with Gasteiger partial charge in [-0.15, -0.1) is 11.6 Å². The van der Waals surface area contributed by atoms with Gasteiger partial charge in [-0.25, -0.2) is 4.79 Å². The molecule has 0 amide bonds. The van der Waals surface area contributed by atoms with E-state index in [9.17, 15) is 4.79 Å². The number of carboxylic acids is 1. The molecular weight excluding hydrogens is 202 g/mol. The summed E-state index contributed by atoms with van der Waals surface area (Å²) < 4.78 is 0. The molecule has 1 aromatic rings. The summed E-state index contributed by atoms with van der Waals surface area (Å²) >= 11 is 5.87. The second-order valence-corrected chi connectivity index (χ2v) is 3.28. The third kappa shape index (κ3) is 2.48. The second-order valence-electron chi connectivity index (χ2n) is 2.76. The summed E-state index contributed by atoms with van der Waals surface area (Å²) in [5.74, 6) is -0.969. The summed E-state index contributed by atoms with van der Waals surface area (Å²) in [6, 6.07) is 8.16. The molecule has 3 nitrogen and oxygen atoms in total. The zero-order chi connectivity index (χ0) is 10.6. The van der Waals surface area contributed by atoms with Crippen LogP contribution in [0.2, 0.25) is 0 Å². The maximum atomic E-state index is 10.5. The molecule has 0 aliphatic rings. The summed E-state index contributed by atoms with van der Waals surface area (Å²) in [4.78, 5) is 10.5. The lowest BCUT2D eigenvalue weighted by Gasteiger charge is -2.04. The van der Waals surface area contributed by atoms with Gasteiger partial charge in [0.2, 0.25) is 0 Å². The zero-order valence-corrected chi connectivity index (χ0v) is 8.03. The molecule has 0 aliphatic carbocycles. The van der Waals surface area contributed by atoms with Crippen LogP contribution in [0.25, 0.3) is 0 Å². The Morgan fingerprint density at radius 3 is 2.50 bits per heavy atom. The number of hydrogen-bond donors (Lipinski definition) is 1. The fourth-order valence-corrected chi connectivity index (χ4v) is 1.25. The summed E-state index contributed by atoms with van der Waals surface area (Å²) in [5.41, 5.74) is 0.979. The first-order valence-electron chi connectivity index (χ1n) is 3.99. The molecule has 1 rings (SSSR count). The average Bonchev–Trinajstić information content (AvgIpc) is 2.18. The van der Waals surface area contributed by atoms with Crippen molar-refractivity contribution in [3.63, 3.8) is 0 Å². The molecule has 1 unspecified atom stereocenters. The van der Waals surface area contributed by atoms with Crippen molar-refractivity contribution >= 4 is 17.6 Å². The predicted octanol–water partition coefficient (Wildman–Crippen LogP) is 2.58. The van der Waals surface area contributed by atoms with Gasteiger partial charge in [0.25, 0.3) is 0 Å². The highest BCUT2D eigenvalue weighted by atomic mass is 35.5. The second kappa shape index (κ2) is 4.64. The molecule has 14 heavy (non-hydrogen) atoms. The van der Waals surface area contributed by atoms with Crippen LogP contribution < -0.4 is 0 Å². The Balaban J connectivity index is 2.84. The van der Waals surface area contributed by atoms with Crippen molar-refractivity contribution in [3.05, 3.63) is 35.4 Å². The number of carbonyl (C=O) groups is 1. The number of nitrogens with zero attached hydrogens (tertiary/aromatic N) is 1. The van der Waals surface area contributed by atoms with Gasteiger partial charge in [-0.05, 0) is 17.7 Å². The van der Waals surface area contributed by atoms with Gasteiger partial charge in [0.1, 0.15) is 0 Å². The first-order valence-corrected chi connectivity index (χ1v) is 4.43. The number of benzene rings is 1. The topological polar surface area (TPSA) is 61.1 Å². The van der Waals surface area contributed by atoms with E-state index < -0.39 is 5.97 Å². The molecular formula is C10H8ClNO2. The Morgan fingerprint density at radius 1 is 1.50 bits per heavy atom. The Bertz CT molecular complexity index is 367. The lowest BCUT2D eigenvalue weighted by atomic mass is 10.1. The summed E-state index contributed by atoms with van der Waals surface area (Å²) in [6.07, 6.45) is 0.216. The molecule has 0 saturated heterocycles. The Kier molecular flexibility index (Phi) is 3.49. The zero-order valence-electron chi connectivity index (χ0n) is 7.27. The van der Waals surface area contributed by atoms with Gasteiger partial charge in [0.05, 0.1) is 23.4 Å². The molecule has 1 N–H and O–H groups in total. The molecule has 1 atom stereocenters. The van der Waals surface area contributed by atoms with Gasteiger partial charge in [0.15, 0.2) is 0 Å². The minimum absolute atomic E-state index is 0.216. The molecule has 0 aromatic heterocycles. The van der Waals surface area contributed by atoms with Gasteiger partial charge in [-0.2, -0.15) is 5.26 Å². The number of aromatic carboxylic acids is 1. The van der Waals surface area contributed by atoms with Crippen molar-refractivity contribution in [1.82, 2.24) is 0 Å². The van der Waals surface area contributed by atoms with Crippen LogP contribution >= 0.6 is 11.6 Å². The molecule has 0 spiro atoms. The minimum atomic E-state index is -0.969. The van der Waals surface area contributed by atoms with E-state index in [1.807, 2.05) is 6.07 Å². The Morgan fingerprint density at radius 2 is 2.07 bits per heavy atom. The summed E-state index contributed by atoms with van der Waals surface area (Å²) in [5, 5.41) is 16.7. The molecule has 0 aliphatic heterocycles. The van der Waals surface area contributed by atoms with E-state index in [1.165, 1.54) is 12.1 Å². The third-order valence-corrected chi connectivity index (χ3v) is 2.20. The number of alkyl halides is 1. The van der Waals surface area contributed by atoms with Crippen molar-refractivity contribution in [2.75, 3.05) is 0 Å².